The fourth-order valence-electron chi connectivity index (χ4n) is 2.27. The molecule has 0 aliphatic heterocycles. The summed E-state index contributed by atoms with van der Waals surface area (Å²) in [5.74, 6) is 1.19. The van der Waals surface area contributed by atoms with E-state index in [0.29, 0.717) is 18.1 Å². The molecule has 7 heteroatoms. The molecule has 0 fully saturated rings. The van der Waals surface area contributed by atoms with Crippen LogP contribution < -0.4 is 5.73 Å². The van der Waals surface area contributed by atoms with Crippen LogP contribution in [0.25, 0.3) is 0 Å². The Bertz CT molecular complexity index is 799. The molecule has 0 saturated heterocycles. The number of nitrogens with one attached hydrogen (secondary N) is 1. The van der Waals surface area contributed by atoms with Crippen molar-refractivity contribution in [3.8, 4) is 0 Å². The molecule has 0 aliphatic rings. The number of nitro groups is 1. The van der Waals surface area contributed by atoms with Gasteiger partial charge in [-0.15, -0.1) is 0 Å². The number of nitrogens with two attached hydrogens (primary N) is 1. The zero-order valence-electron chi connectivity index (χ0n) is 12.2. The molecule has 0 aliphatic carbocycles. The van der Waals surface area contributed by atoms with Crippen LogP contribution >= 0.6 is 0 Å². The monoisotopic (exact) mass is 309 g/mol. The molecule has 0 bridgehead atoms. The van der Waals surface area contributed by atoms with Crippen LogP contribution in [-0.4, -0.2) is 20.1 Å². The molecule has 0 unspecified atom stereocenters. The third-order valence-electron chi connectivity index (χ3n) is 3.50. The number of aromatic amines is 1. The van der Waals surface area contributed by atoms with Crippen LogP contribution in [0.5, 0.6) is 0 Å². The molecule has 1 aromatic heterocycles. The second-order valence-corrected chi connectivity index (χ2v) is 5.13. The number of nitrogens with zero attached hydrogens (tertiary/aromatic N) is 3. The van der Waals surface area contributed by atoms with Crippen molar-refractivity contribution in [2.45, 2.75) is 12.5 Å². The van der Waals surface area contributed by atoms with Gasteiger partial charge in [0.25, 0.3) is 5.69 Å². The van der Waals surface area contributed by atoms with E-state index in [4.69, 9.17) is 5.73 Å². The SMILES string of the molecule is N[C@H](c1ccccc1)c1n[nH]c(Cc2ccc([N+](=O)[O-])cc2)n1. The number of benzene rings is 2. The van der Waals surface area contributed by atoms with Gasteiger partial charge in [-0.25, -0.2) is 4.98 Å². The van der Waals surface area contributed by atoms with Crippen LogP contribution in [0.3, 0.4) is 0 Å². The van der Waals surface area contributed by atoms with Crippen LogP contribution in [0.15, 0.2) is 54.6 Å². The van der Waals surface area contributed by atoms with E-state index in [0.717, 1.165) is 11.1 Å². The van der Waals surface area contributed by atoms with Crippen LogP contribution in [0, 0.1) is 10.1 Å². The summed E-state index contributed by atoms with van der Waals surface area (Å²) in [6.45, 7) is 0. The lowest BCUT2D eigenvalue weighted by molar-refractivity contribution is -0.384. The topological polar surface area (TPSA) is 111 Å². The number of hydrogen-bond donors (Lipinski definition) is 2. The van der Waals surface area contributed by atoms with Gasteiger partial charge in [0.05, 0.1) is 11.0 Å². The maximum absolute atomic E-state index is 10.6. The quantitative estimate of drug-likeness (QED) is 0.555. The molecule has 0 saturated carbocycles. The predicted octanol–water partition coefficient (Wildman–Crippen LogP) is 2.35. The van der Waals surface area contributed by atoms with E-state index < -0.39 is 11.0 Å². The van der Waals surface area contributed by atoms with E-state index in [1.807, 2.05) is 30.3 Å². The van der Waals surface area contributed by atoms with Gasteiger partial charge in [-0.05, 0) is 11.1 Å². The zero-order chi connectivity index (χ0) is 16.2. The Morgan fingerprint density at radius 3 is 2.48 bits per heavy atom. The van der Waals surface area contributed by atoms with Gasteiger partial charge in [-0.1, -0.05) is 42.5 Å². The van der Waals surface area contributed by atoms with Crippen molar-refractivity contribution in [2.75, 3.05) is 0 Å². The molecule has 7 nitrogen and oxygen atoms in total. The Balaban J connectivity index is 1.73. The first-order chi connectivity index (χ1) is 11.1. The third kappa shape index (κ3) is 3.41. The van der Waals surface area contributed by atoms with Gasteiger partial charge in [0.2, 0.25) is 0 Å². The van der Waals surface area contributed by atoms with Gasteiger partial charge in [0, 0.05) is 18.6 Å². The Hall–Kier alpha value is -3.06. The summed E-state index contributed by atoms with van der Waals surface area (Å²) in [7, 11) is 0. The minimum atomic E-state index is -0.421. The fourth-order valence-corrected chi connectivity index (χ4v) is 2.27. The fraction of sp³-hybridized carbons (Fsp3) is 0.125. The van der Waals surface area contributed by atoms with Gasteiger partial charge in [0.15, 0.2) is 5.82 Å². The number of H-pyrrole nitrogens is 1. The Morgan fingerprint density at radius 1 is 1.13 bits per heavy atom. The van der Waals surface area contributed by atoms with Crippen molar-refractivity contribution in [1.82, 2.24) is 15.2 Å². The van der Waals surface area contributed by atoms with Crippen molar-refractivity contribution in [3.05, 3.63) is 87.5 Å². The number of hydrogen-bond acceptors (Lipinski definition) is 5. The number of nitro benzene ring substituents is 1. The minimum Gasteiger partial charge on any atom is -0.318 e. The highest BCUT2D eigenvalue weighted by atomic mass is 16.6. The second-order valence-electron chi connectivity index (χ2n) is 5.13. The average molecular weight is 309 g/mol. The van der Waals surface area contributed by atoms with Gasteiger partial charge in [-0.3, -0.25) is 15.2 Å². The first-order valence-electron chi connectivity index (χ1n) is 7.08. The van der Waals surface area contributed by atoms with Crippen LogP contribution in [-0.2, 0) is 6.42 Å². The summed E-state index contributed by atoms with van der Waals surface area (Å²) < 4.78 is 0. The minimum absolute atomic E-state index is 0.0677. The lowest BCUT2D eigenvalue weighted by Gasteiger charge is -2.06. The smallest absolute Gasteiger partial charge is 0.269 e. The van der Waals surface area contributed by atoms with E-state index in [2.05, 4.69) is 15.2 Å². The van der Waals surface area contributed by atoms with Gasteiger partial charge in [0.1, 0.15) is 5.82 Å². The standard InChI is InChI=1S/C16H15N5O2/c17-15(12-4-2-1-3-5-12)16-18-14(19-20-16)10-11-6-8-13(9-7-11)21(22)23/h1-9,15H,10,17H2,(H,18,19,20)/t15-/m1/s1. The summed E-state index contributed by atoms with van der Waals surface area (Å²) in [6.07, 6.45) is 0.506. The summed E-state index contributed by atoms with van der Waals surface area (Å²) in [4.78, 5) is 14.6. The lowest BCUT2D eigenvalue weighted by atomic mass is 10.1. The maximum atomic E-state index is 10.6. The molecule has 3 rings (SSSR count). The third-order valence-corrected chi connectivity index (χ3v) is 3.50. The summed E-state index contributed by atoms with van der Waals surface area (Å²) in [5.41, 5.74) is 8.07. The van der Waals surface area contributed by atoms with Crippen molar-refractivity contribution in [1.29, 1.82) is 0 Å². The first-order valence-corrected chi connectivity index (χ1v) is 7.08. The Labute approximate surface area is 132 Å². The highest BCUT2D eigenvalue weighted by Crippen LogP contribution is 2.17. The van der Waals surface area contributed by atoms with E-state index in [1.54, 1.807) is 12.1 Å². The van der Waals surface area contributed by atoms with E-state index in [-0.39, 0.29) is 5.69 Å². The van der Waals surface area contributed by atoms with Gasteiger partial charge < -0.3 is 5.73 Å². The van der Waals surface area contributed by atoms with Crippen LogP contribution in [0.4, 0.5) is 5.69 Å². The first kappa shape index (κ1) is 14.9. The van der Waals surface area contributed by atoms with Crippen molar-refractivity contribution in [2.24, 2.45) is 5.73 Å². The largest absolute Gasteiger partial charge is 0.318 e. The summed E-state index contributed by atoms with van der Waals surface area (Å²) in [6, 6.07) is 15.6. The molecular weight excluding hydrogens is 294 g/mol. The maximum Gasteiger partial charge on any atom is 0.269 e. The molecule has 1 atom stereocenters. The molecule has 3 N–H and O–H groups in total. The molecule has 0 spiro atoms. The second kappa shape index (κ2) is 6.37. The molecule has 1 heterocycles. The lowest BCUT2D eigenvalue weighted by Crippen LogP contribution is -2.13. The number of non-ortho nitro benzene ring substituents is 1. The molecule has 0 radical (unpaired) electrons. The molecule has 3 aromatic rings. The van der Waals surface area contributed by atoms with Crippen LogP contribution in [0.1, 0.15) is 28.8 Å². The van der Waals surface area contributed by atoms with Crippen molar-refractivity contribution in [3.63, 3.8) is 0 Å². The van der Waals surface area contributed by atoms with Gasteiger partial charge >= 0.3 is 0 Å². The van der Waals surface area contributed by atoms with Crippen molar-refractivity contribution >= 4 is 5.69 Å². The Kier molecular flexibility index (Phi) is 4.11. The highest BCUT2D eigenvalue weighted by molar-refractivity contribution is 5.34. The van der Waals surface area contributed by atoms with Crippen LogP contribution in [0.2, 0.25) is 0 Å². The number of rotatable bonds is 5. The predicted molar refractivity (Wildman–Crippen MR) is 84.8 cm³/mol. The van der Waals surface area contributed by atoms with Crippen molar-refractivity contribution < 1.29 is 4.92 Å². The summed E-state index contributed by atoms with van der Waals surface area (Å²) in [5, 5.41) is 17.7. The summed E-state index contributed by atoms with van der Waals surface area (Å²) >= 11 is 0. The molecule has 23 heavy (non-hydrogen) atoms. The average Bonchev–Trinajstić information content (AvgIpc) is 3.04. The highest BCUT2D eigenvalue weighted by Gasteiger charge is 2.14. The Morgan fingerprint density at radius 2 is 1.83 bits per heavy atom. The van der Waals surface area contributed by atoms with E-state index in [1.165, 1.54) is 12.1 Å². The van der Waals surface area contributed by atoms with E-state index in [9.17, 15) is 10.1 Å². The van der Waals surface area contributed by atoms with E-state index >= 15 is 0 Å². The molecule has 116 valence electrons. The zero-order valence-corrected chi connectivity index (χ0v) is 12.2. The number of aromatic nitrogens is 3. The van der Waals surface area contributed by atoms with Gasteiger partial charge in [-0.2, -0.15) is 5.10 Å². The normalized spacial score (nSPS) is 12.0. The molecule has 0 amide bonds. The molecular formula is C16H15N5O2. The molecule has 2 aromatic carbocycles.